The van der Waals surface area contributed by atoms with Gasteiger partial charge in [-0.05, 0) is 23.8 Å². The lowest BCUT2D eigenvalue weighted by atomic mass is 9.71. The summed E-state index contributed by atoms with van der Waals surface area (Å²) in [5, 5.41) is 16.7. The minimum atomic E-state index is -7.82. The van der Waals surface area contributed by atoms with Gasteiger partial charge in [0.1, 0.15) is 10.6 Å². The highest BCUT2D eigenvalue weighted by atomic mass is 32.2. The zero-order valence-corrected chi connectivity index (χ0v) is 21.1. The average Bonchev–Trinajstić information content (AvgIpc) is 2.84. The summed E-state index contributed by atoms with van der Waals surface area (Å²) in [6.45, 7) is 0. The Morgan fingerprint density at radius 2 is 1.19 bits per heavy atom. The Kier molecular flexibility index (Phi) is 8.25. The molecule has 0 aliphatic heterocycles. The molecule has 3 aromatic rings. The number of phenolic OH excluding ortho intramolecular Hbond substituents is 1. The van der Waals surface area contributed by atoms with Crippen LogP contribution in [0, 0.1) is 5.41 Å². The van der Waals surface area contributed by atoms with E-state index in [2.05, 4.69) is 10.2 Å². The topological polar surface area (TPSA) is 99.3 Å². The molecule has 0 saturated heterocycles. The maximum atomic E-state index is 14.4. The van der Waals surface area contributed by atoms with Gasteiger partial charge < -0.3 is 5.11 Å². The van der Waals surface area contributed by atoms with Crippen LogP contribution in [0.5, 0.6) is 5.75 Å². The van der Waals surface area contributed by atoms with Crippen molar-refractivity contribution < 1.29 is 75.2 Å². The Balaban J connectivity index is 2.18. The van der Waals surface area contributed by atoms with Crippen molar-refractivity contribution >= 4 is 32.3 Å². The van der Waals surface area contributed by atoms with Crippen molar-refractivity contribution in [3.05, 3.63) is 60.2 Å². The molecule has 0 saturated carbocycles. The van der Waals surface area contributed by atoms with E-state index in [4.69, 9.17) is 0 Å². The number of benzene rings is 3. The van der Waals surface area contributed by atoms with Crippen molar-refractivity contribution in [3.8, 4) is 5.75 Å². The summed E-state index contributed by atoms with van der Waals surface area (Å²) in [5.41, 5.74) is -10.0. The summed E-state index contributed by atoms with van der Waals surface area (Å²) >= 11 is 0. The predicted molar refractivity (Wildman–Crippen MR) is 120 cm³/mol. The molecule has 43 heavy (non-hydrogen) atoms. The summed E-state index contributed by atoms with van der Waals surface area (Å²) in [6.07, 6.45) is -25.6. The van der Waals surface area contributed by atoms with E-state index in [1.807, 2.05) is 0 Å². The molecule has 0 unspecified atom stereocenters. The molecule has 0 aromatic heterocycles. The van der Waals surface area contributed by atoms with Gasteiger partial charge in [0.15, 0.2) is 5.75 Å². The van der Waals surface area contributed by atoms with Crippen LogP contribution in [0.4, 0.5) is 68.5 Å². The molecule has 0 spiro atoms. The van der Waals surface area contributed by atoms with Crippen LogP contribution in [-0.4, -0.2) is 48.5 Å². The zero-order valence-electron chi connectivity index (χ0n) is 20.3. The zero-order chi connectivity index (χ0) is 33.0. The molecule has 0 atom stereocenters. The van der Waals surface area contributed by atoms with Crippen molar-refractivity contribution in [2.45, 2.75) is 41.7 Å². The molecule has 3 aromatic carbocycles. The fourth-order valence-electron chi connectivity index (χ4n) is 4.02. The van der Waals surface area contributed by atoms with E-state index in [1.165, 1.54) is 12.1 Å². The van der Waals surface area contributed by atoms with Gasteiger partial charge in [0.25, 0.3) is 10.1 Å². The second-order valence-electron chi connectivity index (χ2n) is 8.86. The van der Waals surface area contributed by atoms with Crippen LogP contribution in [-0.2, 0) is 16.5 Å². The summed E-state index contributed by atoms with van der Waals surface area (Å²) < 4.78 is 209. The van der Waals surface area contributed by atoms with Crippen molar-refractivity contribution in [1.82, 2.24) is 0 Å². The number of azo groups is 1. The first kappa shape index (κ1) is 33.8. The average molecular weight is 660 g/mol. The van der Waals surface area contributed by atoms with Crippen LogP contribution in [0.25, 0.3) is 10.8 Å². The maximum absolute atomic E-state index is 14.4. The van der Waals surface area contributed by atoms with Crippen LogP contribution < -0.4 is 0 Å². The lowest BCUT2D eigenvalue weighted by Gasteiger charge is -2.45. The van der Waals surface area contributed by atoms with Gasteiger partial charge in [-0.3, -0.25) is 4.55 Å². The Hall–Kier alpha value is -3.68. The second kappa shape index (κ2) is 10.5. The highest BCUT2D eigenvalue weighted by Crippen LogP contribution is 2.66. The molecular weight excluding hydrogens is 647 g/mol. The summed E-state index contributed by atoms with van der Waals surface area (Å²) in [6, 6.07) is 7.29. The molecule has 2 N–H and O–H groups in total. The molecule has 3 rings (SSSR count). The number of fused-ring (bicyclic) bond motifs is 1. The SMILES string of the molecule is O=S(=O)(O)c1cc(N=Nc2cccc(CC(C(F)(F)F)(C(F)(F)F)C(F)(F)C(F)(F)C(F)(F)F)c2)c(O)c2ccccc12. The fraction of sp³-hybridized carbons (Fsp3) is 0.304. The first-order valence-corrected chi connectivity index (χ1v) is 12.4. The van der Waals surface area contributed by atoms with Crippen LogP contribution in [0.3, 0.4) is 0 Å². The van der Waals surface area contributed by atoms with E-state index in [0.717, 1.165) is 18.2 Å². The lowest BCUT2D eigenvalue weighted by molar-refractivity contribution is -0.460. The van der Waals surface area contributed by atoms with E-state index in [-0.39, 0.29) is 22.9 Å². The third-order valence-electron chi connectivity index (χ3n) is 6.14. The standard InChI is InChI=1S/C23H13F13N2O4S/c24-19(25,20(26,27)23(34,35)36)18(21(28,29)30,22(31,32)33)10-11-4-3-5-12(8-11)37-38-15-9-16(43(40,41)42)13-6-1-2-7-14(13)17(15)39/h1-9,39H,10H2,(H,40,41,42). The van der Waals surface area contributed by atoms with Crippen molar-refractivity contribution in [2.75, 3.05) is 0 Å². The molecule has 20 heteroatoms. The predicted octanol–water partition coefficient (Wildman–Crippen LogP) is 8.69. The van der Waals surface area contributed by atoms with E-state index in [1.54, 1.807) is 0 Å². The normalized spacial score (nSPS) is 14.6. The first-order valence-electron chi connectivity index (χ1n) is 11.0. The van der Waals surface area contributed by atoms with Crippen LogP contribution in [0.2, 0.25) is 0 Å². The molecule has 0 heterocycles. The lowest BCUT2D eigenvalue weighted by Crippen LogP contribution is -2.71. The van der Waals surface area contributed by atoms with Gasteiger partial charge in [-0.15, -0.1) is 5.11 Å². The van der Waals surface area contributed by atoms with Crippen LogP contribution in [0.1, 0.15) is 5.56 Å². The van der Waals surface area contributed by atoms with E-state index >= 15 is 0 Å². The first-order chi connectivity index (χ1) is 19.3. The van der Waals surface area contributed by atoms with Crippen LogP contribution >= 0.6 is 0 Å². The highest BCUT2D eigenvalue weighted by Gasteiger charge is 2.91. The second-order valence-corrected chi connectivity index (χ2v) is 10.2. The Morgan fingerprint density at radius 1 is 0.651 bits per heavy atom. The van der Waals surface area contributed by atoms with Gasteiger partial charge in [0.2, 0.25) is 5.41 Å². The number of halogens is 13. The molecule has 0 amide bonds. The van der Waals surface area contributed by atoms with Crippen LogP contribution in [0.15, 0.2) is 69.7 Å². The molecule has 6 nitrogen and oxygen atoms in total. The number of rotatable bonds is 7. The molecule has 0 radical (unpaired) electrons. The Labute approximate surface area is 231 Å². The van der Waals surface area contributed by atoms with Gasteiger partial charge in [-0.1, -0.05) is 36.4 Å². The Bertz CT molecular complexity index is 1650. The smallest absolute Gasteiger partial charge is 0.459 e. The van der Waals surface area contributed by atoms with E-state index < -0.39 is 79.9 Å². The van der Waals surface area contributed by atoms with Gasteiger partial charge in [0.05, 0.1) is 5.69 Å². The minimum Gasteiger partial charge on any atom is -0.505 e. The third-order valence-corrected chi connectivity index (χ3v) is 7.04. The third kappa shape index (κ3) is 5.68. The number of phenols is 1. The molecule has 0 aliphatic carbocycles. The number of nitrogens with zero attached hydrogens (tertiary/aromatic N) is 2. The van der Waals surface area contributed by atoms with Gasteiger partial charge in [-0.2, -0.15) is 70.6 Å². The molecule has 0 fully saturated rings. The molecule has 0 aliphatic rings. The highest BCUT2D eigenvalue weighted by molar-refractivity contribution is 7.86. The number of hydrogen-bond donors (Lipinski definition) is 2. The maximum Gasteiger partial charge on any atom is 0.459 e. The van der Waals surface area contributed by atoms with Gasteiger partial charge in [0, 0.05) is 17.2 Å². The fourth-order valence-corrected chi connectivity index (χ4v) is 4.74. The Morgan fingerprint density at radius 3 is 1.67 bits per heavy atom. The van der Waals surface area contributed by atoms with Gasteiger partial charge >= 0.3 is 30.4 Å². The number of alkyl halides is 13. The largest absolute Gasteiger partial charge is 0.505 e. The number of hydrogen-bond acceptors (Lipinski definition) is 5. The molecule has 0 bridgehead atoms. The summed E-state index contributed by atoms with van der Waals surface area (Å²) in [7, 11) is -4.98. The van der Waals surface area contributed by atoms with Gasteiger partial charge in [-0.25, -0.2) is 0 Å². The quantitative estimate of drug-likeness (QED) is 0.151. The van der Waals surface area contributed by atoms with E-state index in [9.17, 15) is 75.2 Å². The minimum absolute atomic E-state index is 0.166. The monoisotopic (exact) mass is 660 g/mol. The van der Waals surface area contributed by atoms with Crippen molar-refractivity contribution in [1.29, 1.82) is 0 Å². The van der Waals surface area contributed by atoms with E-state index in [0.29, 0.717) is 12.1 Å². The summed E-state index contributed by atoms with van der Waals surface area (Å²) in [5.74, 6) is -16.4. The van der Waals surface area contributed by atoms with Crippen molar-refractivity contribution in [2.24, 2.45) is 15.6 Å². The number of aromatic hydroxyl groups is 1. The molecular formula is C23H13F13N2O4S. The van der Waals surface area contributed by atoms with Crippen molar-refractivity contribution in [3.63, 3.8) is 0 Å². The summed E-state index contributed by atoms with van der Waals surface area (Å²) in [4.78, 5) is -0.823. The molecule has 236 valence electrons.